The molecule has 0 aliphatic heterocycles. The number of aromatic nitrogens is 3. The Morgan fingerprint density at radius 2 is 2.24 bits per heavy atom. The van der Waals surface area contributed by atoms with Crippen LogP contribution in [0.2, 0.25) is 0 Å². The number of fused-ring (bicyclic) bond motifs is 1. The maximum atomic E-state index is 5.71. The third-order valence-corrected chi connectivity index (χ3v) is 4.98. The summed E-state index contributed by atoms with van der Waals surface area (Å²) in [6.07, 6.45) is 13.4. The number of allylic oxidation sites excluding steroid dienone is 1. The lowest BCUT2D eigenvalue weighted by Crippen LogP contribution is -2.33. The van der Waals surface area contributed by atoms with E-state index in [2.05, 4.69) is 33.2 Å². The Morgan fingerprint density at radius 1 is 1.32 bits per heavy atom. The molecule has 134 valence electrons. The van der Waals surface area contributed by atoms with E-state index in [1.54, 1.807) is 0 Å². The largest absolute Gasteiger partial charge is 0.330 e. The second-order valence-electron chi connectivity index (χ2n) is 6.71. The fourth-order valence-electron chi connectivity index (χ4n) is 3.72. The molecule has 0 saturated carbocycles. The Morgan fingerprint density at radius 3 is 3.08 bits per heavy atom. The van der Waals surface area contributed by atoms with Gasteiger partial charge in [0, 0.05) is 25.1 Å². The van der Waals surface area contributed by atoms with E-state index in [0.717, 1.165) is 57.7 Å². The highest BCUT2D eigenvalue weighted by Crippen LogP contribution is 2.33. The van der Waals surface area contributed by atoms with E-state index < -0.39 is 0 Å². The minimum atomic E-state index is 0.372. The highest BCUT2D eigenvalue weighted by molar-refractivity contribution is 5.25. The van der Waals surface area contributed by atoms with Crippen molar-refractivity contribution in [2.24, 2.45) is 5.73 Å². The SMILES string of the molecule is C=CCn1ccnc1CN(CCCCN)C1CCCc2cccnc21. The van der Waals surface area contributed by atoms with E-state index in [4.69, 9.17) is 10.7 Å². The first-order valence-electron chi connectivity index (χ1n) is 9.32. The molecule has 3 rings (SSSR count). The quantitative estimate of drug-likeness (QED) is 0.563. The summed E-state index contributed by atoms with van der Waals surface area (Å²) in [7, 11) is 0. The zero-order valence-electron chi connectivity index (χ0n) is 15.0. The molecule has 25 heavy (non-hydrogen) atoms. The average Bonchev–Trinajstić information content (AvgIpc) is 3.08. The van der Waals surface area contributed by atoms with Crippen LogP contribution in [0.25, 0.3) is 0 Å². The molecule has 5 nitrogen and oxygen atoms in total. The van der Waals surface area contributed by atoms with E-state index in [1.165, 1.54) is 17.7 Å². The maximum absolute atomic E-state index is 5.71. The number of imidazole rings is 1. The van der Waals surface area contributed by atoms with Crippen molar-refractivity contribution < 1.29 is 0 Å². The Balaban J connectivity index is 1.82. The van der Waals surface area contributed by atoms with Gasteiger partial charge in [-0.1, -0.05) is 12.1 Å². The molecule has 0 radical (unpaired) electrons. The van der Waals surface area contributed by atoms with Crippen LogP contribution in [0.15, 0.2) is 43.4 Å². The highest BCUT2D eigenvalue weighted by Gasteiger charge is 2.27. The molecule has 0 aromatic carbocycles. The zero-order valence-corrected chi connectivity index (χ0v) is 15.0. The molecule has 1 atom stereocenters. The molecule has 0 spiro atoms. The number of nitrogens with two attached hydrogens (primary N) is 1. The lowest BCUT2D eigenvalue weighted by molar-refractivity contribution is 0.157. The summed E-state index contributed by atoms with van der Waals surface area (Å²) in [5.74, 6) is 1.09. The number of rotatable bonds is 9. The van der Waals surface area contributed by atoms with Crippen LogP contribution in [0.1, 0.15) is 48.8 Å². The van der Waals surface area contributed by atoms with Gasteiger partial charge in [0.1, 0.15) is 5.82 Å². The maximum Gasteiger partial charge on any atom is 0.123 e. The van der Waals surface area contributed by atoms with Crippen LogP contribution >= 0.6 is 0 Å². The first-order valence-corrected chi connectivity index (χ1v) is 9.32. The smallest absolute Gasteiger partial charge is 0.123 e. The summed E-state index contributed by atoms with van der Waals surface area (Å²) in [4.78, 5) is 11.9. The molecule has 2 aromatic heterocycles. The lowest BCUT2D eigenvalue weighted by Gasteiger charge is -2.35. The Hall–Kier alpha value is -1.98. The van der Waals surface area contributed by atoms with Crippen molar-refractivity contribution in [1.29, 1.82) is 0 Å². The van der Waals surface area contributed by atoms with E-state index in [9.17, 15) is 0 Å². The van der Waals surface area contributed by atoms with Gasteiger partial charge in [0.25, 0.3) is 0 Å². The summed E-state index contributed by atoms with van der Waals surface area (Å²) < 4.78 is 2.17. The van der Waals surface area contributed by atoms with Crippen LogP contribution in [0.5, 0.6) is 0 Å². The molecule has 2 aromatic rings. The first kappa shape index (κ1) is 17.8. The molecular weight excluding hydrogens is 310 g/mol. The molecule has 1 aliphatic rings. The third-order valence-electron chi connectivity index (χ3n) is 4.98. The predicted molar refractivity (Wildman–Crippen MR) is 101 cm³/mol. The number of hydrogen-bond acceptors (Lipinski definition) is 4. The number of aryl methyl sites for hydroxylation is 1. The van der Waals surface area contributed by atoms with Gasteiger partial charge < -0.3 is 10.3 Å². The highest BCUT2D eigenvalue weighted by atomic mass is 15.2. The molecule has 0 bridgehead atoms. The first-order chi connectivity index (χ1) is 12.3. The van der Waals surface area contributed by atoms with Crippen molar-refractivity contribution in [3.8, 4) is 0 Å². The number of hydrogen-bond donors (Lipinski definition) is 1. The summed E-state index contributed by atoms with van der Waals surface area (Å²) in [6.45, 7) is 7.26. The van der Waals surface area contributed by atoms with Crippen LogP contribution in [0.3, 0.4) is 0 Å². The van der Waals surface area contributed by atoms with Gasteiger partial charge in [-0.05, 0) is 56.8 Å². The van der Waals surface area contributed by atoms with E-state index in [1.807, 2.05) is 24.7 Å². The summed E-state index contributed by atoms with van der Waals surface area (Å²) >= 11 is 0. The molecule has 0 amide bonds. The topological polar surface area (TPSA) is 60.0 Å². The molecule has 2 heterocycles. The van der Waals surface area contributed by atoms with Gasteiger partial charge in [-0.25, -0.2) is 4.98 Å². The standard InChI is InChI=1S/C20H29N5/c1-2-13-24-15-12-22-19(24)16-25(14-4-3-10-21)18-9-5-7-17-8-6-11-23-20(17)18/h2,6,8,11-12,15,18H,1,3-5,7,9-10,13-14,16,21H2. The zero-order chi connectivity index (χ0) is 17.5. The molecule has 1 unspecified atom stereocenters. The summed E-state index contributed by atoms with van der Waals surface area (Å²) in [5.41, 5.74) is 8.36. The van der Waals surface area contributed by atoms with Crippen molar-refractivity contribution in [3.63, 3.8) is 0 Å². The minimum absolute atomic E-state index is 0.372. The van der Waals surface area contributed by atoms with Crippen molar-refractivity contribution in [3.05, 3.63) is 60.5 Å². The molecule has 2 N–H and O–H groups in total. The molecule has 1 aliphatic carbocycles. The Labute approximate surface area is 150 Å². The Kier molecular flexibility index (Phi) is 6.36. The van der Waals surface area contributed by atoms with Crippen LogP contribution in [0.4, 0.5) is 0 Å². The van der Waals surface area contributed by atoms with Gasteiger partial charge in [0.15, 0.2) is 0 Å². The van der Waals surface area contributed by atoms with Crippen molar-refractivity contribution >= 4 is 0 Å². The van der Waals surface area contributed by atoms with E-state index >= 15 is 0 Å². The second-order valence-corrected chi connectivity index (χ2v) is 6.71. The molecule has 0 fully saturated rings. The van der Waals surface area contributed by atoms with Crippen LogP contribution in [0, 0.1) is 0 Å². The van der Waals surface area contributed by atoms with Gasteiger partial charge >= 0.3 is 0 Å². The van der Waals surface area contributed by atoms with E-state index in [0.29, 0.717) is 6.04 Å². The average molecular weight is 339 g/mol. The lowest BCUT2D eigenvalue weighted by atomic mass is 9.90. The van der Waals surface area contributed by atoms with Crippen LogP contribution in [-0.2, 0) is 19.5 Å². The molecule has 0 saturated heterocycles. The fourth-order valence-corrected chi connectivity index (χ4v) is 3.72. The fraction of sp³-hybridized carbons (Fsp3) is 0.500. The van der Waals surface area contributed by atoms with Gasteiger partial charge in [-0.3, -0.25) is 9.88 Å². The number of unbranched alkanes of at least 4 members (excludes halogenated alkanes) is 1. The molecular formula is C20H29N5. The van der Waals surface area contributed by atoms with Gasteiger partial charge in [0.2, 0.25) is 0 Å². The number of pyridine rings is 1. The third kappa shape index (κ3) is 4.35. The summed E-state index contributed by atoms with van der Waals surface area (Å²) in [6, 6.07) is 4.65. The number of nitrogens with zero attached hydrogens (tertiary/aromatic N) is 4. The molecule has 5 heteroatoms. The van der Waals surface area contributed by atoms with Gasteiger partial charge in [-0.15, -0.1) is 6.58 Å². The summed E-state index contributed by atoms with van der Waals surface area (Å²) in [5, 5.41) is 0. The monoisotopic (exact) mass is 339 g/mol. The van der Waals surface area contributed by atoms with Crippen LogP contribution in [-0.4, -0.2) is 32.5 Å². The van der Waals surface area contributed by atoms with Crippen molar-refractivity contribution in [2.45, 2.75) is 51.2 Å². The van der Waals surface area contributed by atoms with Crippen molar-refractivity contribution in [2.75, 3.05) is 13.1 Å². The van der Waals surface area contributed by atoms with Gasteiger partial charge in [-0.2, -0.15) is 0 Å². The van der Waals surface area contributed by atoms with E-state index in [-0.39, 0.29) is 0 Å². The van der Waals surface area contributed by atoms with Crippen molar-refractivity contribution in [1.82, 2.24) is 19.4 Å². The second kappa shape index (κ2) is 8.92. The predicted octanol–water partition coefficient (Wildman–Crippen LogP) is 3.08. The van der Waals surface area contributed by atoms with Crippen LogP contribution < -0.4 is 5.73 Å². The minimum Gasteiger partial charge on any atom is -0.330 e. The normalized spacial score (nSPS) is 16.8. The van der Waals surface area contributed by atoms with Gasteiger partial charge in [0.05, 0.1) is 18.3 Å². The Bertz CT molecular complexity index is 678.